The van der Waals surface area contributed by atoms with Crippen molar-refractivity contribution < 1.29 is 20.1 Å². The van der Waals surface area contributed by atoms with Crippen LogP contribution in [0.1, 0.15) is 25.8 Å². The molecule has 3 rings (SSSR count). The monoisotopic (exact) mass is 370 g/mol. The van der Waals surface area contributed by atoms with E-state index < -0.39 is 24.4 Å². The minimum atomic E-state index is -1.09. The summed E-state index contributed by atoms with van der Waals surface area (Å²) in [7, 11) is 0. The number of ether oxygens (including phenoxy) is 1. The van der Waals surface area contributed by atoms with Crippen LogP contribution in [0.5, 0.6) is 0 Å². The first-order chi connectivity index (χ1) is 12.1. The van der Waals surface area contributed by atoms with Crippen molar-refractivity contribution in [2.45, 2.75) is 49.3 Å². The fourth-order valence-electron chi connectivity index (χ4n) is 2.89. The second-order valence-electron chi connectivity index (χ2n) is 5.86. The molecule has 0 amide bonds. The number of hydrogen-bond donors (Lipinski definition) is 4. The highest BCUT2D eigenvalue weighted by Crippen LogP contribution is 2.34. The third-order valence-electron chi connectivity index (χ3n) is 4.10. The highest BCUT2D eigenvalue weighted by molar-refractivity contribution is 7.99. The Labute approximate surface area is 148 Å². The molecule has 10 nitrogen and oxygen atoms in total. The first-order valence-corrected chi connectivity index (χ1v) is 9.15. The molecule has 0 aliphatic heterocycles. The van der Waals surface area contributed by atoms with Gasteiger partial charge in [-0.1, -0.05) is 23.9 Å². The molecule has 1 saturated carbocycles. The quantitative estimate of drug-likeness (QED) is 0.365. The summed E-state index contributed by atoms with van der Waals surface area (Å²) in [5.41, 5.74) is 6.74. The number of anilines is 1. The fraction of sp³-hybridized carbons (Fsp3) is 0.714. The first kappa shape index (κ1) is 18.3. The van der Waals surface area contributed by atoms with Gasteiger partial charge in [0.2, 0.25) is 0 Å². The Hall–Kier alpha value is -1.53. The molecular weight excluding hydrogens is 348 g/mol. The van der Waals surface area contributed by atoms with E-state index in [4.69, 9.17) is 15.6 Å². The van der Waals surface area contributed by atoms with Crippen LogP contribution in [0, 0.1) is 0 Å². The number of fused-ring (bicyclic) bond motifs is 1. The molecule has 0 radical (unpaired) electrons. The summed E-state index contributed by atoms with van der Waals surface area (Å²) in [6.45, 7) is 1.99. The number of aliphatic hydroxyl groups is 3. The highest BCUT2D eigenvalue weighted by atomic mass is 32.2. The second-order valence-corrected chi connectivity index (χ2v) is 6.93. The van der Waals surface area contributed by atoms with Gasteiger partial charge in [0.25, 0.3) is 0 Å². The molecule has 1 aliphatic rings. The van der Waals surface area contributed by atoms with Crippen molar-refractivity contribution >= 4 is 28.7 Å². The topological polar surface area (TPSA) is 152 Å². The van der Waals surface area contributed by atoms with Crippen LogP contribution in [-0.4, -0.2) is 77.6 Å². The van der Waals surface area contributed by atoms with Crippen LogP contribution >= 0.6 is 11.8 Å². The molecule has 2 aromatic rings. The van der Waals surface area contributed by atoms with E-state index in [-0.39, 0.29) is 19.0 Å². The van der Waals surface area contributed by atoms with Gasteiger partial charge in [-0.2, -0.15) is 0 Å². The molecule has 11 heteroatoms. The molecule has 0 unspecified atom stereocenters. The molecule has 0 saturated heterocycles. The summed E-state index contributed by atoms with van der Waals surface area (Å²) in [5.74, 6) is 1.09. The van der Waals surface area contributed by atoms with E-state index in [1.54, 1.807) is 0 Å². The van der Waals surface area contributed by atoms with Gasteiger partial charge in [-0.05, 0) is 6.42 Å². The SMILES string of the molecule is CCCSc1nc(N)c2nnn([C@H]3C[C@H](OCCO)[C@H](O)[C@H]3O)c2n1. The van der Waals surface area contributed by atoms with Crippen LogP contribution in [0.3, 0.4) is 0 Å². The Morgan fingerprint density at radius 1 is 1.32 bits per heavy atom. The van der Waals surface area contributed by atoms with Crippen molar-refractivity contribution in [1.82, 2.24) is 25.0 Å². The second kappa shape index (κ2) is 7.79. The minimum absolute atomic E-state index is 0.0895. The van der Waals surface area contributed by atoms with Crippen molar-refractivity contribution in [1.29, 1.82) is 0 Å². The molecule has 25 heavy (non-hydrogen) atoms. The number of nitrogen functional groups attached to an aromatic ring is 1. The zero-order valence-electron chi connectivity index (χ0n) is 13.8. The zero-order valence-corrected chi connectivity index (χ0v) is 14.6. The van der Waals surface area contributed by atoms with Gasteiger partial charge in [0.05, 0.1) is 25.4 Å². The van der Waals surface area contributed by atoms with Crippen molar-refractivity contribution in [2.24, 2.45) is 0 Å². The number of hydrogen-bond acceptors (Lipinski definition) is 10. The molecule has 4 atom stereocenters. The third kappa shape index (κ3) is 3.55. The lowest BCUT2D eigenvalue weighted by atomic mass is 10.2. The van der Waals surface area contributed by atoms with E-state index in [1.807, 2.05) is 0 Å². The van der Waals surface area contributed by atoms with Gasteiger partial charge < -0.3 is 25.8 Å². The fourth-order valence-corrected chi connectivity index (χ4v) is 3.59. The van der Waals surface area contributed by atoms with Crippen LogP contribution in [0.4, 0.5) is 5.82 Å². The Morgan fingerprint density at radius 2 is 2.12 bits per heavy atom. The van der Waals surface area contributed by atoms with E-state index in [0.29, 0.717) is 22.7 Å². The Balaban J connectivity index is 1.91. The van der Waals surface area contributed by atoms with Gasteiger partial charge in [0, 0.05) is 12.2 Å². The standard InChI is InChI=1S/C14H22N6O4S/c1-2-5-25-14-16-12(15)9-13(17-14)20(19-18-9)7-6-8(24-4-3-21)11(23)10(7)22/h7-8,10-11,21-23H,2-6H2,1H3,(H2,15,16,17)/t7-,8-,10-,11-/m0/s1. The maximum absolute atomic E-state index is 10.4. The lowest BCUT2D eigenvalue weighted by molar-refractivity contribution is -0.0629. The van der Waals surface area contributed by atoms with Gasteiger partial charge in [0.1, 0.15) is 12.2 Å². The summed E-state index contributed by atoms with van der Waals surface area (Å²) in [5, 5.41) is 38.0. The maximum Gasteiger partial charge on any atom is 0.191 e. The molecule has 1 fully saturated rings. The van der Waals surface area contributed by atoms with E-state index in [0.717, 1.165) is 12.2 Å². The molecule has 0 spiro atoms. The molecule has 0 aromatic carbocycles. The number of aromatic nitrogens is 5. The van der Waals surface area contributed by atoms with Crippen molar-refractivity contribution in [3.05, 3.63) is 0 Å². The molecule has 5 N–H and O–H groups in total. The van der Waals surface area contributed by atoms with E-state index in [1.165, 1.54) is 16.4 Å². The Kier molecular flexibility index (Phi) is 5.69. The number of thioether (sulfide) groups is 1. The normalized spacial score (nSPS) is 26.6. The van der Waals surface area contributed by atoms with Gasteiger partial charge >= 0.3 is 0 Å². The summed E-state index contributed by atoms with van der Waals surface area (Å²) >= 11 is 1.48. The minimum Gasteiger partial charge on any atom is -0.394 e. The van der Waals surface area contributed by atoms with Gasteiger partial charge in [-0.25, -0.2) is 14.6 Å². The average molecular weight is 370 g/mol. The number of nitrogens with two attached hydrogens (primary N) is 1. The van der Waals surface area contributed by atoms with Crippen molar-refractivity contribution in [3.63, 3.8) is 0 Å². The van der Waals surface area contributed by atoms with E-state index >= 15 is 0 Å². The van der Waals surface area contributed by atoms with Crippen LogP contribution in [-0.2, 0) is 4.74 Å². The number of rotatable bonds is 7. The lowest BCUT2D eigenvalue weighted by Crippen LogP contribution is -2.33. The smallest absolute Gasteiger partial charge is 0.191 e. The zero-order chi connectivity index (χ0) is 18.0. The lowest BCUT2D eigenvalue weighted by Gasteiger charge is -2.17. The van der Waals surface area contributed by atoms with E-state index in [9.17, 15) is 10.2 Å². The molecule has 138 valence electrons. The number of aliphatic hydroxyl groups excluding tert-OH is 3. The molecule has 1 aliphatic carbocycles. The molecule has 0 bridgehead atoms. The summed E-state index contributed by atoms with van der Waals surface area (Å²) in [6.07, 6.45) is -1.47. The molecule has 2 heterocycles. The molecule has 2 aromatic heterocycles. The molecular formula is C14H22N6O4S. The summed E-state index contributed by atoms with van der Waals surface area (Å²) in [6, 6.07) is -0.554. The largest absolute Gasteiger partial charge is 0.394 e. The third-order valence-corrected chi connectivity index (χ3v) is 5.15. The van der Waals surface area contributed by atoms with E-state index in [2.05, 4.69) is 27.2 Å². The van der Waals surface area contributed by atoms with Crippen molar-refractivity contribution in [3.8, 4) is 0 Å². The summed E-state index contributed by atoms with van der Waals surface area (Å²) in [4.78, 5) is 8.68. The van der Waals surface area contributed by atoms with Crippen LogP contribution in [0.2, 0.25) is 0 Å². The van der Waals surface area contributed by atoms with Gasteiger partial charge in [-0.3, -0.25) is 0 Å². The summed E-state index contributed by atoms with van der Waals surface area (Å²) < 4.78 is 6.86. The predicted molar refractivity (Wildman–Crippen MR) is 91.0 cm³/mol. The maximum atomic E-state index is 10.4. The van der Waals surface area contributed by atoms with Gasteiger partial charge in [0.15, 0.2) is 22.1 Å². The van der Waals surface area contributed by atoms with Gasteiger partial charge in [-0.15, -0.1) is 5.10 Å². The van der Waals surface area contributed by atoms with Crippen LogP contribution < -0.4 is 5.73 Å². The van der Waals surface area contributed by atoms with Crippen molar-refractivity contribution in [2.75, 3.05) is 24.7 Å². The predicted octanol–water partition coefficient (Wildman–Crippen LogP) is -0.650. The van der Waals surface area contributed by atoms with Crippen LogP contribution in [0.15, 0.2) is 5.16 Å². The van der Waals surface area contributed by atoms with Crippen LogP contribution in [0.25, 0.3) is 11.2 Å². The Bertz CT molecular complexity index is 729. The Morgan fingerprint density at radius 3 is 2.84 bits per heavy atom. The first-order valence-electron chi connectivity index (χ1n) is 8.16. The number of nitrogens with zero attached hydrogens (tertiary/aromatic N) is 5. The highest BCUT2D eigenvalue weighted by Gasteiger charge is 2.44. The average Bonchev–Trinajstić information content (AvgIpc) is 3.14.